The van der Waals surface area contributed by atoms with Gasteiger partial charge in [0.15, 0.2) is 5.78 Å². The number of fused-ring (bicyclic) bond motifs is 3. The Balaban J connectivity index is 1.31. The molecule has 1 unspecified atom stereocenters. The van der Waals surface area contributed by atoms with Crippen LogP contribution in [0, 0.1) is 5.41 Å². The van der Waals surface area contributed by atoms with Gasteiger partial charge in [-0.3, -0.25) is 19.1 Å². The van der Waals surface area contributed by atoms with Gasteiger partial charge in [0.25, 0.3) is 0 Å². The molecular formula is C28H28BrN5O5. The van der Waals surface area contributed by atoms with Crippen LogP contribution in [0.5, 0.6) is 0 Å². The quantitative estimate of drug-likeness (QED) is 0.281. The monoisotopic (exact) mass is 593 g/mol. The molecule has 3 aliphatic rings. The molecular weight excluding hydrogens is 566 g/mol. The number of amides is 2. The number of para-hydroxylation sites is 1. The second-order valence-electron chi connectivity index (χ2n) is 10.3. The number of benzene rings is 1. The number of nitrogens with zero attached hydrogens (tertiary/aromatic N) is 4. The molecule has 4 heterocycles. The van der Waals surface area contributed by atoms with Gasteiger partial charge in [-0.15, -0.1) is 0 Å². The molecule has 1 N–H and O–H groups in total. The van der Waals surface area contributed by atoms with E-state index in [4.69, 9.17) is 9.47 Å². The van der Waals surface area contributed by atoms with Gasteiger partial charge in [0.2, 0.25) is 11.8 Å². The number of piperidine rings is 1. The van der Waals surface area contributed by atoms with Crippen LogP contribution >= 0.6 is 15.9 Å². The second-order valence-corrected chi connectivity index (χ2v) is 11.1. The van der Waals surface area contributed by atoms with Gasteiger partial charge >= 0.3 is 0 Å². The molecule has 2 fully saturated rings. The maximum Gasteiger partial charge on any atom is 0.248 e. The summed E-state index contributed by atoms with van der Waals surface area (Å²) in [6.07, 6.45) is 5.09. The molecule has 3 aromatic rings. The van der Waals surface area contributed by atoms with Crippen LogP contribution in [0.15, 0.2) is 53.2 Å². The molecule has 6 rings (SSSR count). The molecule has 2 aromatic heterocycles. The highest BCUT2D eigenvalue weighted by molar-refractivity contribution is 9.10. The number of carbonyl (C=O) groups is 3. The fraction of sp³-hybridized carbons (Fsp3) is 0.393. The summed E-state index contributed by atoms with van der Waals surface area (Å²) in [5.41, 5.74) is 1.49. The lowest BCUT2D eigenvalue weighted by Crippen LogP contribution is -2.47. The van der Waals surface area contributed by atoms with E-state index in [-0.39, 0.29) is 42.2 Å². The van der Waals surface area contributed by atoms with Gasteiger partial charge in [0, 0.05) is 29.3 Å². The molecule has 1 aliphatic carbocycles. The number of pyridine rings is 1. The third-order valence-electron chi connectivity index (χ3n) is 7.71. The minimum Gasteiger partial charge on any atom is -0.377 e. The molecule has 1 saturated heterocycles. The van der Waals surface area contributed by atoms with E-state index in [1.807, 2.05) is 42.5 Å². The molecule has 11 heteroatoms. The largest absolute Gasteiger partial charge is 0.377 e. The van der Waals surface area contributed by atoms with E-state index >= 15 is 0 Å². The van der Waals surface area contributed by atoms with Crippen molar-refractivity contribution in [3.8, 4) is 0 Å². The number of anilines is 1. The van der Waals surface area contributed by atoms with Crippen molar-refractivity contribution in [3.05, 3.63) is 64.4 Å². The lowest BCUT2D eigenvalue weighted by molar-refractivity contribution is -0.138. The molecule has 2 amide bonds. The number of aromatic nitrogens is 3. The summed E-state index contributed by atoms with van der Waals surface area (Å²) in [6.45, 7) is 2.95. The number of hydrogen-bond donors (Lipinski definition) is 1. The minimum absolute atomic E-state index is 0.0814. The summed E-state index contributed by atoms with van der Waals surface area (Å²) in [7, 11) is 0. The number of likely N-dealkylation sites (tertiary alicyclic amines) is 1. The zero-order valence-corrected chi connectivity index (χ0v) is 23.0. The van der Waals surface area contributed by atoms with Crippen molar-refractivity contribution in [2.24, 2.45) is 5.41 Å². The standard InChI is InChI=1S/C28H28BrN5O5/c1-17(35)25-19-6-2-3-7-20(19)33(32-25)14-24(36)34-21-12-28(13-22(28)34)16-39-11-5-4-10-38-15-18-8-9-23(29)30-26(18)31-27(21)37/h2-9,21-22H,10-16H2,1H3,(H,30,31,37)/t21-,22?,28-/m0/s1. The van der Waals surface area contributed by atoms with E-state index in [1.165, 1.54) is 6.92 Å². The summed E-state index contributed by atoms with van der Waals surface area (Å²) in [4.78, 5) is 45.9. The zero-order chi connectivity index (χ0) is 27.1. The number of carbonyl (C=O) groups excluding carboxylic acids is 3. The van der Waals surface area contributed by atoms with Crippen molar-refractivity contribution in [2.45, 2.75) is 45.0 Å². The zero-order valence-electron chi connectivity index (χ0n) is 21.4. The number of hydrogen-bond acceptors (Lipinski definition) is 7. The molecule has 10 nitrogen and oxygen atoms in total. The Morgan fingerprint density at radius 3 is 2.74 bits per heavy atom. The van der Waals surface area contributed by atoms with Crippen molar-refractivity contribution in [3.63, 3.8) is 0 Å². The van der Waals surface area contributed by atoms with Gasteiger partial charge in [-0.2, -0.15) is 5.10 Å². The van der Waals surface area contributed by atoms with Crippen LogP contribution in [-0.2, 0) is 32.2 Å². The summed E-state index contributed by atoms with van der Waals surface area (Å²) in [5.74, 6) is -0.299. The lowest BCUT2D eigenvalue weighted by atomic mass is 10.00. The SMILES string of the molecule is CC(=O)c1nn(CC(=O)N2C3C[C@@]34COCC=CCOCc3ccc(Br)nc3NC(=O)[C@@H]2C4)c2ccccc12. The van der Waals surface area contributed by atoms with E-state index in [2.05, 4.69) is 31.3 Å². The Hall–Kier alpha value is -3.41. The fourth-order valence-electron chi connectivity index (χ4n) is 5.73. The maximum absolute atomic E-state index is 13.9. The maximum atomic E-state index is 13.9. The van der Waals surface area contributed by atoms with Crippen molar-refractivity contribution in [2.75, 3.05) is 25.1 Å². The van der Waals surface area contributed by atoms with Crippen LogP contribution in [0.3, 0.4) is 0 Å². The Bertz CT molecular complexity index is 1500. The predicted octanol–water partition coefficient (Wildman–Crippen LogP) is 3.50. The molecule has 1 spiro atoms. The summed E-state index contributed by atoms with van der Waals surface area (Å²) >= 11 is 3.38. The normalized spacial score (nSPS) is 24.9. The van der Waals surface area contributed by atoms with E-state index in [9.17, 15) is 14.4 Å². The third-order valence-corrected chi connectivity index (χ3v) is 8.16. The Kier molecular flexibility index (Phi) is 6.82. The first kappa shape index (κ1) is 25.8. The third kappa shape index (κ3) is 4.90. The first-order chi connectivity index (χ1) is 18.9. The van der Waals surface area contributed by atoms with E-state index in [0.717, 1.165) is 12.0 Å². The molecule has 3 atom stereocenters. The van der Waals surface area contributed by atoms with Gasteiger partial charge in [-0.1, -0.05) is 36.4 Å². The fourth-order valence-corrected chi connectivity index (χ4v) is 6.04. The van der Waals surface area contributed by atoms with Gasteiger partial charge in [-0.25, -0.2) is 4.98 Å². The average molecular weight is 594 g/mol. The summed E-state index contributed by atoms with van der Waals surface area (Å²) in [5, 5.41) is 8.12. The second kappa shape index (κ2) is 10.3. The molecule has 0 radical (unpaired) electrons. The Morgan fingerprint density at radius 1 is 1.13 bits per heavy atom. The van der Waals surface area contributed by atoms with E-state index in [1.54, 1.807) is 15.6 Å². The van der Waals surface area contributed by atoms with E-state index in [0.29, 0.717) is 53.3 Å². The summed E-state index contributed by atoms with van der Waals surface area (Å²) < 4.78 is 13.8. The number of Topliss-reactive ketones (excluding diaryl/α,β-unsaturated/α-hetero) is 1. The van der Waals surface area contributed by atoms with Crippen molar-refractivity contribution in [1.82, 2.24) is 19.7 Å². The van der Waals surface area contributed by atoms with Gasteiger partial charge in [0.1, 0.15) is 28.7 Å². The molecule has 2 aliphatic heterocycles. The summed E-state index contributed by atoms with van der Waals surface area (Å²) in [6, 6.07) is 10.2. The highest BCUT2D eigenvalue weighted by Crippen LogP contribution is 2.60. The first-order valence-electron chi connectivity index (χ1n) is 12.9. The number of ether oxygens (including phenoxy) is 2. The van der Waals surface area contributed by atoms with E-state index < -0.39 is 6.04 Å². The topological polar surface area (TPSA) is 116 Å². The molecule has 202 valence electrons. The smallest absolute Gasteiger partial charge is 0.248 e. The average Bonchev–Trinajstić information content (AvgIpc) is 3.32. The Labute approximate surface area is 233 Å². The molecule has 1 aromatic carbocycles. The van der Waals surface area contributed by atoms with Crippen LogP contribution in [0.2, 0.25) is 0 Å². The number of halogens is 1. The van der Waals surface area contributed by atoms with Crippen molar-refractivity contribution < 1.29 is 23.9 Å². The molecule has 2 bridgehead atoms. The van der Waals surface area contributed by atoms with Crippen LogP contribution < -0.4 is 5.32 Å². The Morgan fingerprint density at radius 2 is 1.92 bits per heavy atom. The number of ketones is 1. The molecule has 1 saturated carbocycles. The van der Waals surface area contributed by atoms with Crippen LogP contribution in [0.1, 0.15) is 35.8 Å². The lowest BCUT2D eigenvalue weighted by Gasteiger charge is -2.27. The first-order valence-corrected chi connectivity index (χ1v) is 13.7. The predicted molar refractivity (Wildman–Crippen MR) is 146 cm³/mol. The van der Waals surface area contributed by atoms with Gasteiger partial charge < -0.3 is 19.7 Å². The highest BCUT2D eigenvalue weighted by atomic mass is 79.9. The van der Waals surface area contributed by atoms with Crippen molar-refractivity contribution >= 4 is 50.2 Å². The van der Waals surface area contributed by atoms with Crippen molar-refractivity contribution in [1.29, 1.82) is 0 Å². The van der Waals surface area contributed by atoms with Gasteiger partial charge in [-0.05, 0) is 40.9 Å². The van der Waals surface area contributed by atoms with Crippen LogP contribution in [0.4, 0.5) is 5.82 Å². The van der Waals surface area contributed by atoms with Crippen LogP contribution in [-0.4, -0.2) is 69.2 Å². The number of nitrogens with one attached hydrogen (secondary N) is 1. The minimum atomic E-state index is -0.691. The number of rotatable bonds is 3. The van der Waals surface area contributed by atoms with Gasteiger partial charge in [0.05, 0.1) is 31.9 Å². The molecule has 39 heavy (non-hydrogen) atoms. The van der Waals surface area contributed by atoms with Crippen LogP contribution in [0.25, 0.3) is 10.9 Å². The highest BCUT2D eigenvalue weighted by Gasteiger charge is 2.67.